The number of nitrogens with zero attached hydrogens (tertiary/aromatic N) is 1. The van der Waals surface area contributed by atoms with E-state index < -0.39 is 10.0 Å². The van der Waals surface area contributed by atoms with Crippen LogP contribution < -0.4 is 10.1 Å². The predicted molar refractivity (Wildman–Crippen MR) is 129 cm³/mol. The Morgan fingerprint density at radius 3 is 2.33 bits per heavy atom. The van der Waals surface area contributed by atoms with E-state index in [2.05, 4.69) is 5.32 Å². The Morgan fingerprint density at radius 2 is 1.64 bits per heavy atom. The zero-order valence-electron chi connectivity index (χ0n) is 18.7. The highest BCUT2D eigenvalue weighted by Gasteiger charge is 2.28. The lowest BCUT2D eigenvalue weighted by molar-refractivity contribution is 0.102. The second-order valence-electron chi connectivity index (χ2n) is 8.20. The highest BCUT2D eigenvalue weighted by molar-refractivity contribution is 7.89. The minimum Gasteiger partial charge on any atom is -0.489 e. The van der Waals surface area contributed by atoms with Gasteiger partial charge in [-0.15, -0.1) is 0 Å². The van der Waals surface area contributed by atoms with Crippen molar-refractivity contribution in [3.05, 3.63) is 89.5 Å². The monoisotopic (exact) mass is 464 g/mol. The van der Waals surface area contributed by atoms with E-state index in [0.717, 1.165) is 24.8 Å². The first-order valence-electron chi connectivity index (χ1n) is 11.1. The van der Waals surface area contributed by atoms with E-state index in [1.165, 1.54) is 10.4 Å². The van der Waals surface area contributed by atoms with Crippen molar-refractivity contribution in [2.75, 3.05) is 18.4 Å². The van der Waals surface area contributed by atoms with E-state index >= 15 is 0 Å². The number of benzene rings is 3. The minimum atomic E-state index is -3.62. The molecule has 172 valence electrons. The molecule has 33 heavy (non-hydrogen) atoms. The largest absolute Gasteiger partial charge is 0.489 e. The average Bonchev–Trinajstić information content (AvgIpc) is 2.85. The van der Waals surface area contributed by atoms with Crippen molar-refractivity contribution in [3.63, 3.8) is 0 Å². The van der Waals surface area contributed by atoms with E-state index in [4.69, 9.17) is 4.74 Å². The molecule has 0 aromatic heterocycles. The number of carbonyl (C=O) groups is 1. The van der Waals surface area contributed by atoms with Gasteiger partial charge in [-0.3, -0.25) is 4.79 Å². The lowest BCUT2D eigenvalue weighted by Gasteiger charge is -2.26. The first-order chi connectivity index (χ1) is 15.9. The smallest absolute Gasteiger partial charge is 0.255 e. The van der Waals surface area contributed by atoms with Crippen LogP contribution in [-0.4, -0.2) is 31.7 Å². The molecule has 1 amide bonds. The van der Waals surface area contributed by atoms with Gasteiger partial charge in [-0.1, -0.05) is 42.8 Å². The normalized spacial score (nSPS) is 14.6. The number of hydrogen-bond acceptors (Lipinski definition) is 4. The number of aryl methyl sites for hydroxylation is 1. The summed E-state index contributed by atoms with van der Waals surface area (Å²) in [5, 5.41) is 2.83. The van der Waals surface area contributed by atoms with Crippen LogP contribution in [0.2, 0.25) is 0 Å². The molecule has 6 nitrogen and oxygen atoms in total. The fourth-order valence-electron chi connectivity index (χ4n) is 3.84. The summed E-state index contributed by atoms with van der Waals surface area (Å²) < 4.78 is 33.5. The van der Waals surface area contributed by atoms with Gasteiger partial charge in [0.15, 0.2) is 0 Å². The molecule has 0 saturated carbocycles. The number of nitrogens with one attached hydrogen (secondary N) is 1. The zero-order chi connectivity index (χ0) is 23.3. The fourth-order valence-corrected chi connectivity index (χ4v) is 5.61. The summed E-state index contributed by atoms with van der Waals surface area (Å²) in [6.07, 6.45) is 2.77. The number of hydrogen-bond donors (Lipinski definition) is 1. The maximum absolute atomic E-state index is 13.1. The van der Waals surface area contributed by atoms with Gasteiger partial charge < -0.3 is 10.1 Å². The molecule has 0 unspecified atom stereocenters. The number of piperidine rings is 1. The first-order valence-corrected chi connectivity index (χ1v) is 12.6. The van der Waals surface area contributed by atoms with E-state index in [0.29, 0.717) is 42.3 Å². The van der Waals surface area contributed by atoms with Crippen molar-refractivity contribution in [2.45, 2.75) is 37.7 Å². The summed E-state index contributed by atoms with van der Waals surface area (Å²) in [7, 11) is -3.62. The number of amides is 1. The Kier molecular flexibility index (Phi) is 7.11. The molecule has 4 rings (SSSR count). The van der Waals surface area contributed by atoms with E-state index in [1.807, 2.05) is 30.3 Å². The van der Waals surface area contributed by atoms with Gasteiger partial charge in [-0.2, -0.15) is 4.31 Å². The Morgan fingerprint density at radius 1 is 0.939 bits per heavy atom. The summed E-state index contributed by atoms with van der Waals surface area (Å²) in [6, 6.07) is 21.8. The Hall–Kier alpha value is -3.16. The predicted octanol–water partition coefficient (Wildman–Crippen LogP) is 5.00. The molecule has 0 atom stereocenters. The van der Waals surface area contributed by atoms with Gasteiger partial charge in [0.05, 0.1) is 4.90 Å². The van der Waals surface area contributed by atoms with Crippen molar-refractivity contribution in [3.8, 4) is 5.75 Å². The molecule has 1 heterocycles. The van der Waals surface area contributed by atoms with Crippen LogP contribution in [-0.2, 0) is 16.6 Å². The molecule has 3 aromatic rings. The van der Waals surface area contributed by atoms with Gasteiger partial charge in [0, 0.05) is 24.3 Å². The van der Waals surface area contributed by atoms with Crippen LogP contribution in [0.25, 0.3) is 0 Å². The molecule has 0 spiro atoms. The number of carbonyl (C=O) groups excluding carboxylic acids is 1. The molecule has 3 aromatic carbocycles. The average molecular weight is 465 g/mol. The number of sulfonamides is 1. The maximum atomic E-state index is 13.1. The third-order valence-corrected chi connectivity index (χ3v) is 7.78. The van der Waals surface area contributed by atoms with Crippen LogP contribution >= 0.6 is 0 Å². The van der Waals surface area contributed by atoms with Crippen molar-refractivity contribution in [2.24, 2.45) is 0 Å². The zero-order valence-corrected chi connectivity index (χ0v) is 19.5. The Balaban J connectivity index is 1.43. The topological polar surface area (TPSA) is 75.7 Å². The van der Waals surface area contributed by atoms with Crippen LogP contribution in [0.4, 0.5) is 5.69 Å². The third kappa shape index (κ3) is 5.61. The number of ether oxygens (including phenoxy) is 1. The summed E-state index contributed by atoms with van der Waals surface area (Å²) in [5.41, 5.74) is 2.62. The molecule has 1 fully saturated rings. The molecular weight excluding hydrogens is 436 g/mol. The molecular formula is C26H28N2O4S. The summed E-state index contributed by atoms with van der Waals surface area (Å²) >= 11 is 0. The molecule has 0 aliphatic carbocycles. The van der Waals surface area contributed by atoms with Gasteiger partial charge in [0.2, 0.25) is 10.0 Å². The van der Waals surface area contributed by atoms with Crippen molar-refractivity contribution in [1.29, 1.82) is 0 Å². The van der Waals surface area contributed by atoms with Gasteiger partial charge >= 0.3 is 0 Å². The molecule has 1 N–H and O–H groups in total. The van der Waals surface area contributed by atoms with Crippen LogP contribution in [0.15, 0.2) is 77.7 Å². The minimum absolute atomic E-state index is 0.196. The molecule has 0 radical (unpaired) electrons. The van der Waals surface area contributed by atoms with E-state index in [9.17, 15) is 13.2 Å². The molecule has 1 aliphatic heterocycles. The Labute approximate surface area is 195 Å². The highest BCUT2D eigenvalue weighted by Crippen LogP contribution is 2.25. The van der Waals surface area contributed by atoms with Crippen LogP contribution in [0, 0.1) is 6.92 Å². The van der Waals surface area contributed by atoms with Crippen LogP contribution in [0.1, 0.15) is 40.7 Å². The van der Waals surface area contributed by atoms with Gasteiger partial charge in [-0.25, -0.2) is 8.42 Å². The molecule has 7 heteroatoms. The summed E-state index contributed by atoms with van der Waals surface area (Å²) in [5.74, 6) is 0.338. The lowest BCUT2D eigenvalue weighted by atomic mass is 10.1. The first kappa shape index (κ1) is 23.0. The van der Waals surface area contributed by atoms with E-state index in [-0.39, 0.29) is 10.8 Å². The maximum Gasteiger partial charge on any atom is 0.255 e. The summed E-state index contributed by atoms with van der Waals surface area (Å²) in [4.78, 5) is 13.0. The van der Waals surface area contributed by atoms with Crippen molar-refractivity contribution in [1.82, 2.24) is 4.31 Å². The van der Waals surface area contributed by atoms with Crippen molar-refractivity contribution >= 4 is 21.6 Å². The van der Waals surface area contributed by atoms with Crippen LogP contribution in [0.3, 0.4) is 0 Å². The molecule has 1 saturated heterocycles. The van der Waals surface area contributed by atoms with E-state index in [1.54, 1.807) is 43.3 Å². The molecule has 1 aliphatic rings. The second-order valence-corrected chi connectivity index (χ2v) is 10.1. The highest BCUT2D eigenvalue weighted by atomic mass is 32.2. The van der Waals surface area contributed by atoms with Crippen molar-refractivity contribution < 1.29 is 17.9 Å². The number of anilines is 1. The fraction of sp³-hybridized carbons (Fsp3) is 0.269. The van der Waals surface area contributed by atoms with Crippen LogP contribution in [0.5, 0.6) is 5.75 Å². The quantitative estimate of drug-likeness (QED) is 0.534. The third-order valence-electron chi connectivity index (χ3n) is 5.74. The number of rotatable bonds is 7. The standard InChI is InChI=1S/C26H28N2O4S/c1-20-10-11-22(18-25(20)33(30,31)28-16-6-3-7-17-28)26(29)27-23-12-14-24(15-13-23)32-19-21-8-4-2-5-9-21/h2,4-5,8-15,18H,3,6-7,16-17,19H2,1H3,(H,27,29). The van der Waals surface area contributed by atoms with Gasteiger partial charge in [0.25, 0.3) is 5.91 Å². The molecule has 0 bridgehead atoms. The second kappa shape index (κ2) is 10.2. The SMILES string of the molecule is Cc1ccc(C(=O)Nc2ccc(OCc3ccccc3)cc2)cc1S(=O)(=O)N1CCCCC1. The lowest BCUT2D eigenvalue weighted by Crippen LogP contribution is -2.36. The van der Waals surface area contributed by atoms with Gasteiger partial charge in [0.1, 0.15) is 12.4 Å². The summed E-state index contributed by atoms with van der Waals surface area (Å²) in [6.45, 7) is 3.27. The Bertz CT molecular complexity index is 1200. The van der Waals surface area contributed by atoms with Gasteiger partial charge in [-0.05, 0) is 67.3 Å².